The summed E-state index contributed by atoms with van der Waals surface area (Å²) < 4.78 is 62.2. The molecule has 7 nitrogen and oxygen atoms in total. The molecule has 0 spiro atoms. The molecule has 2 fully saturated rings. The molecule has 2 N–H and O–H groups in total. The Morgan fingerprint density at radius 1 is 1.17 bits per heavy atom. The summed E-state index contributed by atoms with van der Waals surface area (Å²) in [6.45, 7) is 0.399. The van der Waals surface area contributed by atoms with Crippen LogP contribution < -0.4 is 14.8 Å². The van der Waals surface area contributed by atoms with E-state index >= 15 is 0 Å². The first kappa shape index (κ1) is 19.3. The zero-order valence-corrected chi connectivity index (χ0v) is 15.9. The highest BCUT2D eigenvalue weighted by molar-refractivity contribution is 8.14. The number of aliphatic imine (C=N–C) groups is 1. The summed E-state index contributed by atoms with van der Waals surface area (Å²) in [6, 6.07) is 2.68. The number of aliphatic hydroxyl groups excluding tert-OH is 1. The molecular formula is C18H19F3N2O5S. The van der Waals surface area contributed by atoms with E-state index in [1.165, 1.54) is 11.8 Å². The fourth-order valence-electron chi connectivity index (χ4n) is 3.88. The maximum absolute atomic E-state index is 13.6. The fraction of sp³-hybridized carbons (Fsp3) is 0.611. The third kappa shape index (κ3) is 3.76. The van der Waals surface area contributed by atoms with E-state index in [-0.39, 0.29) is 29.7 Å². The largest absolute Gasteiger partial charge is 0.454 e. The van der Waals surface area contributed by atoms with Gasteiger partial charge in [0.05, 0.1) is 18.8 Å². The van der Waals surface area contributed by atoms with Crippen LogP contribution in [0.15, 0.2) is 23.2 Å². The minimum atomic E-state index is -4.42. The molecule has 1 aromatic rings. The fourth-order valence-corrected chi connectivity index (χ4v) is 5.15. The molecule has 0 saturated carbocycles. The van der Waals surface area contributed by atoms with Crippen molar-refractivity contribution in [2.45, 2.75) is 54.8 Å². The number of nitrogens with zero attached hydrogens (tertiary/aromatic N) is 1. The van der Waals surface area contributed by atoms with Crippen molar-refractivity contribution in [3.05, 3.63) is 23.8 Å². The molecule has 11 heteroatoms. The molecule has 158 valence electrons. The van der Waals surface area contributed by atoms with Crippen LogP contribution in [0.25, 0.3) is 0 Å². The minimum absolute atomic E-state index is 0.0923. The highest BCUT2D eigenvalue weighted by Gasteiger charge is 2.47. The molecule has 4 heterocycles. The van der Waals surface area contributed by atoms with Gasteiger partial charge in [0.1, 0.15) is 12.1 Å². The first-order chi connectivity index (χ1) is 13.9. The smallest absolute Gasteiger partial charge is 0.408 e. The van der Waals surface area contributed by atoms with Gasteiger partial charge in [-0.1, -0.05) is 17.8 Å². The Hall–Kier alpha value is -1.69. The van der Waals surface area contributed by atoms with Crippen molar-refractivity contribution in [2.75, 3.05) is 13.4 Å². The Balaban J connectivity index is 1.40. The topological polar surface area (TPSA) is 81.5 Å². The van der Waals surface area contributed by atoms with Crippen LogP contribution in [0, 0.1) is 0 Å². The maximum atomic E-state index is 13.6. The van der Waals surface area contributed by atoms with Crippen LogP contribution in [0.2, 0.25) is 0 Å². The summed E-state index contributed by atoms with van der Waals surface area (Å²) in [4.78, 5) is 4.54. The first-order valence-corrected chi connectivity index (χ1v) is 10.2. The summed E-state index contributed by atoms with van der Waals surface area (Å²) in [5.74, 6) is 1.07. The minimum Gasteiger partial charge on any atom is -0.454 e. The zero-order valence-electron chi connectivity index (χ0n) is 15.1. The van der Waals surface area contributed by atoms with E-state index in [1.807, 2.05) is 0 Å². The van der Waals surface area contributed by atoms with E-state index in [2.05, 4.69) is 10.3 Å². The molecule has 0 radical (unpaired) electrons. The number of aliphatic hydroxyl groups is 1. The van der Waals surface area contributed by atoms with Crippen LogP contribution in [-0.4, -0.2) is 59.6 Å². The second kappa shape index (κ2) is 7.22. The van der Waals surface area contributed by atoms with Crippen molar-refractivity contribution < 1.29 is 37.2 Å². The predicted octanol–water partition coefficient (Wildman–Crippen LogP) is 2.34. The zero-order chi connectivity index (χ0) is 20.2. The summed E-state index contributed by atoms with van der Waals surface area (Å²) in [6.07, 6.45) is -6.01. The van der Waals surface area contributed by atoms with Crippen LogP contribution in [0.3, 0.4) is 0 Å². The molecule has 0 amide bonds. The molecule has 2 saturated heterocycles. The van der Waals surface area contributed by atoms with Crippen molar-refractivity contribution in [1.29, 1.82) is 0 Å². The van der Waals surface area contributed by atoms with E-state index in [1.54, 1.807) is 18.2 Å². The number of alkyl halides is 3. The van der Waals surface area contributed by atoms with Crippen LogP contribution in [-0.2, 0) is 9.47 Å². The SMILES string of the molecule is O[C@@H]1C[C@H](SC2=N[C@H](c3ccc4c(c3)OCO4)C[C@H](C(F)(F)F)N2)[C@H]2CO[C@H]1O2. The number of fused-ring (bicyclic) bond motifs is 3. The number of nitrogens with one attached hydrogen (secondary N) is 1. The number of halogens is 3. The molecule has 2 bridgehead atoms. The highest BCUT2D eigenvalue weighted by atomic mass is 32.2. The van der Waals surface area contributed by atoms with Crippen LogP contribution in [0.5, 0.6) is 11.5 Å². The lowest BCUT2D eigenvalue weighted by Gasteiger charge is -2.34. The molecular weight excluding hydrogens is 413 g/mol. The number of ether oxygens (including phenoxy) is 4. The van der Waals surface area contributed by atoms with Crippen LogP contribution >= 0.6 is 11.8 Å². The lowest BCUT2D eigenvalue weighted by atomic mass is 9.98. The van der Waals surface area contributed by atoms with Gasteiger partial charge in [-0.15, -0.1) is 0 Å². The third-order valence-corrected chi connectivity index (χ3v) is 6.65. The molecule has 5 rings (SSSR count). The van der Waals surface area contributed by atoms with Gasteiger partial charge in [0, 0.05) is 11.7 Å². The molecule has 4 aliphatic heterocycles. The molecule has 6 atom stereocenters. The second-order valence-corrected chi connectivity index (χ2v) is 8.60. The Kier molecular flexibility index (Phi) is 4.80. The summed E-state index contributed by atoms with van der Waals surface area (Å²) in [7, 11) is 0. The first-order valence-electron chi connectivity index (χ1n) is 9.29. The standard InChI is InChI=1S/C18H19F3N2O5S/c19-18(20,21)15-4-9(8-1-2-11-12(3-8)27-7-26-11)22-17(23-15)29-14-5-10(24)16-25-6-13(14)28-16/h1-3,9-10,13-16,24H,4-7H2,(H,22,23)/t9-,10+,13+,14-,15+,16-/m0/s1. The number of amidine groups is 1. The van der Waals surface area contributed by atoms with Gasteiger partial charge in [-0.25, -0.2) is 0 Å². The summed E-state index contributed by atoms with van der Waals surface area (Å²) >= 11 is 1.17. The molecule has 0 aliphatic carbocycles. The van der Waals surface area contributed by atoms with Crippen LogP contribution in [0.1, 0.15) is 24.4 Å². The van der Waals surface area contributed by atoms with E-state index in [4.69, 9.17) is 18.9 Å². The van der Waals surface area contributed by atoms with Crippen molar-refractivity contribution in [3.63, 3.8) is 0 Å². The highest BCUT2D eigenvalue weighted by Crippen LogP contribution is 2.41. The molecule has 4 aliphatic rings. The molecule has 0 aromatic heterocycles. The number of hydrogen-bond acceptors (Lipinski definition) is 8. The average Bonchev–Trinajstić information content (AvgIpc) is 3.32. The second-order valence-electron chi connectivity index (χ2n) is 7.37. The molecule has 29 heavy (non-hydrogen) atoms. The number of thioether (sulfide) groups is 1. The van der Waals surface area contributed by atoms with Crippen molar-refractivity contribution >= 4 is 16.9 Å². The summed E-state index contributed by atoms with van der Waals surface area (Å²) in [5.41, 5.74) is 0.632. The molecule has 0 unspecified atom stereocenters. The average molecular weight is 432 g/mol. The van der Waals surface area contributed by atoms with Gasteiger partial charge >= 0.3 is 6.18 Å². The van der Waals surface area contributed by atoms with Crippen LogP contribution in [0.4, 0.5) is 13.2 Å². The normalized spacial score (nSPS) is 35.9. The lowest BCUT2D eigenvalue weighted by Crippen LogP contribution is -2.49. The Morgan fingerprint density at radius 2 is 2.00 bits per heavy atom. The summed E-state index contributed by atoms with van der Waals surface area (Å²) in [5, 5.41) is 12.5. The molecule has 1 aromatic carbocycles. The van der Waals surface area contributed by atoms with E-state index in [0.717, 1.165) is 0 Å². The van der Waals surface area contributed by atoms with Gasteiger partial charge < -0.3 is 29.4 Å². The quantitative estimate of drug-likeness (QED) is 0.743. The Labute approximate surface area is 168 Å². The number of hydrogen-bond donors (Lipinski definition) is 2. The van der Waals surface area contributed by atoms with Gasteiger partial charge in [-0.2, -0.15) is 13.2 Å². The Bertz CT molecular complexity index is 823. The van der Waals surface area contributed by atoms with E-state index < -0.39 is 30.7 Å². The lowest BCUT2D eigenvalue weighted by molar-refractivity contribution is -0.155. The van der Waals surface area contributed by atoms with E-state index in [0.29, 0.717) is 30.1 Å². The van der Waals surface area contributed by atoms with Crippen molar-refractivity contribution in [3.8, 4) is 11.5 Å². The van der Waals surface area contributed by atoms with E-state index in [9.17, 15) is 18.3 Å². The monoisotopic (exact) mass is 432 g/mol. The van der Waals surface area contributed by atoms with Crippen molar-refractivity contribution in [1.82, 2.24) is 5.32 Å². The maximum Gasteiger partial charge on any atom is 0.408 e. The van der Waals surface area contributed by atoms with Crippen molar-refractivity contribution in [2.24, 2.45) is 4.99 Å². The number of rotatable bonds is 2. The Morgan fingerprint density at radius 3 is 2.83 bits per heavy atom. The number of benzene rings is 1. The van der Waals surface area contributed by atoms with Gasteiger partial charge in [-0.3, -0.25) is 4.99 Å². The van der Waals surface area contributed by atoms with Gasteiger partial charge in [-0.05, 0) is 24.1 Å². The van der Waals surface area contributed by atoms with Gasteiger partial charge in [0.2, 0.25) is 6.79 Å². The third-order valence-electron chi connectivity index (χ3n) is 5.41. The van der Waals surface area contributed by atoms with Gasteiger partial charge in [0.25, 0.3) is 0 Å². The van der Waals surface area contributed by atoms with Gasteiger partial charge in [0.15, 0.2) is 23.0 Å². The predicted molar refractivity (Wildman–Crippen MR) is 97.0 cm³/mol.